The van der Waals surface area contributed by atoms with E-state index in [-0.39, 0.29) is 0 Å². The predicted molar refractivity (Wildman–Crippen MR) is 69.8 cm³/mol. The lowest BCUT2D eigenvalue weighted by Crippen LogP contribution is -2.50. The molecular weight excluding hydrogens is 290 g/mol. The highest BCUT2D eigenvalue weighted by atomic mass is 79.9. The molecule has 90 valence electrons. The van der Waals surface area contributed by atoms with Crippen LogP contribution in [-0.2, 0) is 11.3 Å². The third-order valence-corrected chi connectivity index (χ3v) is 4.54. The maximum Gasteiger partial charge on any atom is 0.323 e. The summed E-state index contributed by atoms with van der Waals surface area (Å²) in [6, 6.07) is 2.01. The Morgan fingerprint density at radius 3 is 2.56 bits per heavy atom. The quantitative estimate of drug-likeness (QED) is 0.848. The molecule has 0 spiro atoms. The van der Waals surface area contributed by atoms with Gasteiger partial charge < -0.3 is 5.11 Å². The van der Waals surface area contributed by atoms with E-state index in [2.05, 4.69) is 21.2 Å². The zero-order chi connectivity index (χ0) is 12.2. The number of nitrogens with one attached hydrogen (secondary N) is 1. The summed E-state index contributed by atoms with van der Waals surface area (Å²) in [5.41, 5.74) is -0.795. The van der Waals surface area contributed by atoms with Crippen LogP contribution in [0.3, 0.4) is 0 Å². The molecule has 1 heterocycles. The number of carboxylic acid groups (broad SMARTS) is 1. The van der Waals surface area contributed by atoms with Gasteiger partial charge in [0, 0.05) is 21.3 Å². The highest BCUT2D eigenvalue weighted by Gasteiger charge is 2.33. The highest BCUT2D eigenvalue weighted by Crippen LogP contribution is 2.22. The second-order valence-corrected chi connectivity index (χ2v) is 5.59. The molecule has 0 aliphatic heterocycles. The molecule has 0 amide bonds. The average Bonchev–Trinajstić information content (AvgIpc) is 2.66. The van der Waals surface area contributed by atoms with E-state index >= 15 is 0 Å². The number of rotatable bonds is 6. The van der Waals surface area contributed by atoms with Crippen molar-refractivity contribution < 1.29 is 9.90 Å². The van der Waals surface area contributed by atoms with Crippen LogP contribution >= 0.6 is 27.3 Å². The van der Waals surface area contributed by atoms with Gasteiger partial charge in [-0.2, -0.15) is 0 Å². The zero-order valence-electron chi connectivity index (χ0n) is 9.42. The lowest BCUT2D eigenvalue weighted by Gasteiger charge is -2.27. The van der Waals surface area contributed by atoms with Crippen molar-refractivity contribution in [2.75, 3.05) is 0 Å². The first-order valence-electron chi connectivity index (χ1n) is 5.25. The van der Waals surface area contributed by atoms with Gasteiger partial charge in [-0.3, -0.25) is 10.1 Å². The molecule has 5 heteroatoms. The molecule has 0 saturated heterocycles. The van der Waals surface area contributed by atoms with Crippen molar-refractivity contribution in [2.24, 2.45) is 0 Å². The van der Waals surface area contributed by atoms with Crippen LogP contribution in [0.15, 0.2) is 15.9 Å². The van der Waals surface area contributed by atoms with Gasteiger partial charge in [0.2, 0.25) is 0 Å². The van der Waals surface area contributed by atoms with Crippen LogP contribution in [0.1, 0.15) is 31.6 Å². The first-order chi connectivity index (χ1) is 7.54. The smallest absolute Gasteiger partial charge is 0.323 e. The van der Waals surface area contributed by atoms with Gasteiger partial charge in [0.05, 0.1) is 0 Å². The van der Waals surface area contributed by atoms with Crippen LogP contribution in [0.4, 0.5) is 0 Å². The molecule has 0 saturated carbocycles. The Kier molecular flexibility index (Phi) is 4.95. The highest BCUT2D eigenvalue weighted by molar-refractivity contribution is 9.10. The topological polar surface area (TPSA) is 49.3 Å². The molecule has 0 aromatic carbocycles. The number of halogens is 1. The van der Waals surface area contributed by atoms with Crippen LogP contribution in [0.5, 0.6) is 0 Å². The maximum absolute atomic E-state index is 11.2. The number of carboxylic acids is 1. The summed E-state index contributed by atoms with van der Waals surface area (Å²) in [4.78, 5) is 12.4. The maximum atomic E-state index is 11.2. The molecule has 1 aromatic heterocycles. The first-order valence-corrected chi connectivity index (χ1v) is 6.92. The Labute approximate surface area is 108 Å². The normalized spacial score (nSPS) is 11.7. The summed E-state index contributed by atoms with van der Waals surface area (Å²) >= 11 is 5.00. The monoisotopic (exact) mass is 305 g/mol. The first kappa shape index (κ1) is 13.7. The molecule has 2 N–H and O–H groups in total. The summed E-state index contributed by atoms with van der Waals surface area (Å²) in [5.74, 6) is -0.770. The van der Waals surface area contributed by atoms with E-state index < -0.39 is 11.5 Å². The Bertz CT molecular complexity index is 361. The van der Waals surface area contributed by atoms with E-state index in [1.165, 1.54) is 0 Å². The molecule has 16 heavy (non-hydrogen) atoms. The van der Waals surface area contributed by atoms with Crippen molar-refractivity contribution in [3.8, 4) is 0 Å². The zero-order valence-corrected chi connectivity index (χ0v) is 11.8. The molecule has 0 fully saturated rings. The Morgan fingerprint density at radius 2 is 2.19 bits per heavy atom. The molecule has 0 bridgehead atoms. The summed E-state index contributed by atoms with van der Waals surface area (Å²) in [5, 5.41) is 14.4. The van der Waals surface area contributed by atoms with Crippen LogP contribution in [0.25, 0.3) is 0 Å². The molecule has 1 aromatic rings. The minimum Gasteiger partial charge on any atom is -0.480 e. The second kappa shape index (κ2) is 5.80. The van der Waals surface area contributed by atoms with Gasteiger partial charge in [-0.1, -0.05) is 13.8 Å². The molecule has 3 nitrogen and oxygen atoms in total. The van der Waals surface area contributed by atoms with E-state index in [4.69, 9.17) is 0 Å². The SMILES string of the molecule is CCC(CC)(NCc1cc(Br)cs1)C(=O)O. The summed E-state index contributed by atoms with van der Waals surface area (Å²) in [7, 11) is 0. The lowest BCUT2D eigenvalue weighted by atomic mass is 9.93. The van der Waals surface area contributed by atoms with Crippen LogP contribution in [-0.4, -0.2) is 16.6 Å². The fraction of sp³-hybridized carbons (Fsp3) is 0.545. The van der Waals surface area contributed by atoms with E-state index in [1.54, 1.807) is 11.3 Å². The third kappa shape index (κ3) is 3.06. The Balaban J connectivity index is 2.67. The number of carbonyl (C=O) groups is 1. The van der Waals surface area contributed by atoms with E-state index in [0.717, 1.165) is 9.35 Å². The van der Waals surface area contributed by atoms with Gasteiger partial charge in [-0.05, 0) is 34.8 Å². The fourth-order valence-electron chi connectivity index (χ4n) is 1.58. The molecular formula is C11H16BrNO2S. The van der Waals surface area contributed by atoms with Crippen molar-refractivity contribution in [3.05, 3.63) is 20.8 Å². The van der Waals surface area contributed by atoms with Gasteiger partial charge in [0.1, 0.15) is 5.54 Å². The molecule has 0 unspecified atom stereocenters. The van der Waals surface area contributed by atoms with E-state index in [1.807, 2.05) is 25.3 Å². The molecule has 0 aliphatic carbocycles. The molecule has 1 rings (SSSR count). The molecule has 0 atom stereocenters. The standard InChI is InChI=1S/C11H16BrNO2S/c1-3-11(4-2,10(14)15)13-6-9-5-8(12)7-16-9/h5,7,13H,3-4,6H2,1-2H3,(H,14,15). The minimum atomic E-state index is -0.795. The largest absolute Gasteiger partial charge is 0.480 e. The van der Waals surface area contributed by atoms with Gasteiger partial charge in [-0.25, -0.2) is 0 Å². The Morgan fingerprint density at radius 1 is 1.56 bits per heavy atom. The van der Waals surface area contributed by atoms with Crippen molar-refractivity contribution in [3.63, 3.8) is 0 Å². The van der Waals surface area contributed by atoms with Gasteiger partial charge in [0.25, 0.3) is 0 Å². The van der Waals surface area contributed by atoms with Crippen molar-refractivity contribution in [1.82, 2.24) is 5.32 Å². The summed E-state index contributed by atoms with van der Waals surface area (Å²) in [6.07, 6.45) is 1.18. The van der Waals surface area contributed by atoms with Crippen molar-refractivity contribution in [2.45, 2.75) is 38.8 Å². The van der Waals surface area contributed by atoms with Crippen LogP contribution in [0.2, 0.25) is 0 Å². The second-order valence-electron chi connectivity index (χ2n) is 3.68. The van der Waals surface area contributed by atoms with Crippen LogP contribution < -0.4 is 5.32 Å². The predicted octanol–water partition coefficient (Wildman–Crippen LogP) is 3.24. The molecule has 0 aliphatic rings. The summed E-state index contributed by atoms with van der Waals surface area (Å²) in [6.45, 7) is 4.40. The van der Waals surface area contributed by atoms with Crippen molar-refractivity contribution >= 4 is 33.2 Å². The number of thiophene rings is 1. The third-order valence-electron chi connectivity index (χ3n) is 2.84. The minimum absolute atomic E-state index is 0.589. The van der Waals surface area contributed by atoms with Crippen molar-refractivity contribution in [1.29, 1.82) is 0 Å². The lowest BCUT2D eigenvalue weighted by molar-refractivity contribution is -0.145. The fourth-order valence-corrected chi connectivity index (χ4v) is 2.97. The number of hydrogen-bond acceptors (Lipinski definition) is 3. The average molecular weight is 306 g/mol. The van der Waals surface area contributed by atoms with Gasteiger partial charge in [0.15, 0.2) is 0 Å². The van der Waals surface area contributed by atoms with Gasteiger partial charge in [-0.15, -0.1) is 11.3 Å². The van der Waals surface area contributed by atoms with Crippen LogP contribution in [0, 0.1) is 0 Å². The Hall–Kier alpha value is -0.390. The van der Waals surface area contributed by atoms with Gasteiger partial charge >= 0.3 is 5.97 Å². The van der Waals surface area contributed by atoms with E-state index in [0.29, 0.717) is 19.4 Å². The number of hydrogen-bond donors (Lipinski definition) is 2. The van der Waals surface area contributed by atoms with E-state index in [9.17, 15) is 9.90 Å². The summed E-state index contributed by atoms with van der Waals surface area (Å²) < 4.78 is 1.04. The number of aliphatic carboxylic acids is 1. The molecule has 0 radical (unpaired) electrons.